The van der Waals surface area contributed by atoms with Crippen molar-refractivity contribution in [1.29, 1.82) is 0 Å². The molecule has 0 aliphatic rings. The van der Waals surface area contributed by atoms with Crippen molar-refractivity contribution in [1.82, 2.24) is 9.78 Å². The molecule has 3 nitrogen and oxygen atoms in total. The molecule has 2 aromatic rings. The molecule has 2 N–H and O–H groups in total. The Morgan fingerprint density at radius 2 is 2.17 bits per heavy atom. The summed E-state index contributed by atoms with van der Waals surface area (Å²) in [5.74, 6) is 0.884. The average Bonchev–Trinajstić information content (AvgIpc) is 2.71. The van der Waals surface area contributed by atoms with E-state index in [0.29, 0.717) is 10.7 Å². The molecule has 0 saturated carbocycles. The first kappa shape index (κ1) is 13.3. The number of anilines is 1. The van der Waals surface area contributed by atoms with E-state index in [1.807, 2.05) is 29.8 Å². The van der Waals surface area contributed by atoms with E-state index in [1.54, 1.807) is 11.8 Å². The number of thioether (sulfide) groups is 1. The highest BCUT2D eigenvalue weighted by molar-refractivity contribution is 7.98. The van der Waals surface area contributed by atoms with Gasteiger partial charge in [-0.2, -0.15) is 5.10 Å². The van der Waals surface area contributed by atoms with Crippen molar-refractivity contribution in [2.24, 2.45) is 0 Å². The summed E-state index contributed by atoms with van der Waals surface area (Å²) in [4.78, 5) is 1.12. The normalized spacial score (nSPS) is 10.8. The first-order valence-corrected chi connectivity index (χ1v) is 7.17. The van der Waals surface area contributed by atoms with Crippen LogP contribution >= 0.6 is 23.4 Å². The van der Waals surface area contributed by atoms with Crippen molar-refractivity contribution in [2.45, 2.75) is 31.0 Å². The number of nitrogens with two attached hydrogens (primary N) is 1. The number of benzene rings is 1. The summed E-state index contributed by atoms with van der Waals surface area (Å²) in [6, 6.07) is 7.86. The Bertz CT molecular complexity index is 551. The zero-order valence-electron chi connectivity index (χ0n) is 10.5. The summed E-state index contributed by atoms with van der Waals surface area (Å²) in [6.45, 7) is 5.01. The largest absolute Gasteiger partial charge is 0.398 e. The number of hydrogen-bond acceptors (Lipinski definition) is 3. The molecular weight excluding hydrogens is 266 g/mol. The van der Waals surface area contributed by atoms with Crippen LogP contribution in [0.25, 0.3) is 0 Å². The molecule has 1 aromatic heterocycles. The molecule has 18 heavy (non-hydrogen) atoms. The van der Waals surface area contributed by atoms with Gasteiger partial charge in [-0.1, -0.05) is 11.6 Å². The molecule has 0 spiro atoms. The second-order valence-corrected chi connectivity index (χ2v) is 5.52. The Labute approximate surface area is 116 Å². The van der Waals surface area contributed by atoms with Crippen molar-refractivity contribution < 1.29 is 0 Å². The van der Waals surface area contributed by atoms with Gasteiger partial charge >= 0.3 is 0 Å². The second-order valence-electron chi connectivity index (χ2n) is 4.06. The monoisotopic (exact) mass is 281 g/mol. The Balaban J connectivity index is 2.08. The van der Waals surface area contributed by atoms with Gasteiger partial charge in [0.1, 0.15) is 0 Å². The van der Waals surface area contributed by atoms with E-state index in [2.05, 4.69) is 18.1 Å². The van der Waals surface area contributed by atoms with Gasteiger partial charge in [0.2, 0.25) is 0 Å². The van der Waals surface area contributed by atoms with Crippen LogP contribution in [0, 0.1) is 6.92 Å². The number of aromatic nitrogens is 2. The van der Waals surface area contributed by atoms with Crippen LogP contribution < -0.4 is 5.73 Å². The summed E-state index contributed by atoms with van der Waals surface area (Å²) < 4.78 is 2.03. The maximum atomic E-state index is 6.00. The summed E-state index contributed by atoms with van der Waals surface area (Å²) in [6.07, 6.45) is 0. The van der Waals surface area contributed by atoms with Gasteiger partial charge in [-0.3, -0.25) is 4.68 Å². The molecule has 0 aliphatic heterocycles. The molecule has 0 saturated heterocycles. The van der Waals surface area contributed by atoms with Gasteiger partial charge in [0.25, 0.3) is 0 Å². The molecule has 96 valence electrons. The summed E-state index contributed by atoms with van der Waals surface area (Å²) in [5.41, 5.74) is 8.60. The first-order chi connectivity index (χ1) is 8.60. The van der Waals surface area contributed by atoms with E-state index in [-0.39, 0.29) is 0 Å². The number of nitrogens with zero attached hydrogens (tertiary/aromatic N) is 2. The first-order valence-electron chi connectivity index (χ1n) is 5.81. The molecule has 1 aromatic carbocycles. The lowest BCUT2D eigenvalue weighted by Gasteiger charge is -2.05. The minimum atomic E-state index is 0.611. The van der Waals surface area contributed by atoms with Crippen molar-refractivity contribution in [3.8, 4) is 0 Å². The van der Waals surface area contributed by atoms with Crippen molar-refractivity contribution in [2.75, 3.05) is 5.73 Å². The second kappa shape index (κ2) is 5.67. The number of rotatable bonds is 4. The number of hydrogen-bond donors (Lipinski definition) is 1. The van der Waals surface area contributed by atoms with Crippen molar-refractivity contribution in [3.63, 3.8) is 0 Å². The van der Waals surface area contributed by atoms with Crippen LogP contribution in [0.5, 0.6) is 0 Å². The van der Waals surface area contributed by atoms with Crippen molar-refractivity contribution in [3.05, 3.63) is 40.7 Å². The van der Waals surface area contributed by atoms with Gasteiger partial charge in [0.15, 0.2) is 0 Å². The summed E-state index contributed by atoms with van der Waals surface area (Å²) in [7, 11) is 0. The fourth-order valence-electron chi connectivity index (χ4n) is 1.74. The Morgan fingerprint density at radius 3 is 2.83 bits per heavy atom. The fourth-order valence-corrected chi connectivity index (χ4v) is 2.90. The van der Waals surface area contributed by atoms with Crippen LogP contribution in [0.2, 0.25) is 5.02 Å². The molecule has 2 rings (SSSR count). The molecule has 1 heterocycles. The average molecular weight is 282 g/mol. The Kier molecular flexibility index (Phi) is 4.19. The Hall–Kier alpha value is -1.13. The minimum absolute atomic E-state index is 0.611. The molecule has 0 aliphatic carbocycles. The standard InChI is InChI=1S/C13H16ClN3S/c1-3-17-10(6-9(2)16-17)8-18-11-4-5-13(15)12(14)7-11/h4-7H,3,8,15H2,1-2H3. The van der Waals surface area contributed by atoms with Crippen LogP contribution in [-0.2, 0) is 12.3 Å². The number of nitrogen functional groups attached to an aromatic ring is 1. The molecule has 5 heteroatoms. The van der Waals surface area contributed by atoms with E-state index in [1.165, 1.54) is 5.69 Å². The van der Waals surface area contributed by atoms with E-state index >= 15 is 0 Å². The smallest absolute Gasteiger partial charge is 0.0646 e. The van der Waals surface area contributed by atoms with Gasteiger partial charge in [-0.25, -0.2) is 0 Å². The number of halogens is 1. The lowest BCUT2D eigenvalue weighted by atomic mass is 10.3. The molecule has 0 atom stereocenters. The Morgan fingerprint density at radius 1 is 1.39 bits per heavy atom. The minimum Gasteiger partial charge on any atom is -0.398 e. The fraction of sp³-hybridized carbons (Fsp3) is 0.308. The van der Waals surface area contributed by atoms with Crippen LogP contribution in [0.15, 0.2) is 29.2 Å². The van der Waals surface area contributed by atoms with Gasteiger partial charge in [-0.05, 0) is 38.1 Å². The lowest BCUT2D eigenvalue weighted by Crippen LogP contribution is -2.01. The lowest BCUT2D eigenvalue weighted by molar-refractivity contribution is 0.632. The molecular formula is C13H16ClN3S. The third kappa shape index (κ3) is 3.00. The third-order valence-electron chi connectivity index (χ3n) is 2.64. The molecule has 0 amide bonds. The van der Waals surface area contributed by atoms with Gasteiger partial charge < -0.3 is 5.73 Å². The topological polar surface area (TPSA) is 43.8 Å². The quantitative estimate of drug-likeness (QED) is 0.686. The predicted molar refractivity (Wildman–Crippen MR) is 78.1 cm³/mol. The van der Waals surface area contributed by atoms with Crippen LogP contribution in [0.3, 0.4) is 0 Å². The molecule has 0 bridgehead atoms. The highest BCUT2D eigenvalue weighted by Gasteiger charge is 2.05. The molecule has 0 fully saturated rings. The molecule has 0 unspecified atom stereocenters. The van der Waals surface area contributed by atoms with Crippen LogP contribution in [0.4, 0.5) is 5.69 Å². The van der Waals surface area contributed by atoms with E-state index in [4.69, 9.17) is 17.3 Å². The third-order valence-corrected chi connectivity index (χ3v) is 4.00. The SMILES string of the molecule is CCn1nc(C)cc1CSc1ccc(N)c(Cl)c1. The van der Waals surface area contributed by atoms with E-state index in [0.717, 1.165) is 22.9 Å². The highest BCUT2D eigenvalue weighted by Crippen LogP contribution is 2.28. The van der Waals surface area contributed by atoms with Crippen molar-refractivity contribution >= 4 is 29.1 Å². The zero-order chi connectivity index (χ0) is 13.1. The van der Waals surface area contributed by atoms with E-state index < -0.39 is 0 Å². The number of aryl methyl sites for hydroxylation is 2. The maximum Gasteiger partial charge on any atom is 0.0646 e. The van der Waals surface area contributed by atoms with Gasteiger partial charge in [0.05, 0.1) is 16.4 Å². The highest BCUT2D eigenvalue weighted by atomic mass is 35.5. The van der Waals surface area contributed by atoms with Crippen LogP contribution in [0.1, 0.15) is 18.3 Å². The molecule has 0 radical (unpaired) electrons. The zero-order valence-corrected chi connectivity index (χ0v) is 12.1. The maximum absolute atomic E-state index is 6.00. The van der Waals surface area contributed by atoms with Gasteiger partial charge in [0, 0.05) is 22.9 Å². The van der Waals surface area contributed by atoms with Crippen LogP contribution in [-0.4, -0.2) is 9.78 Å². The summed E-state index contributed by atoms with van der Waals surface area (Å²) >= 11 is 7.74. The predicted octanol–water partition coefficient (Wildman–Crippen LogP) is 3.74. The van der Waals surface area contributed by atoms with Gasteiger partial charge in [-0.15, -0.1) is 11.8 Å². The summed E-state index contributed by atoms with van der Waals surface area (Å²) in [5, 5.41) is 5.04. The van der Waals surface area contributed by atoms with E-state index in [9.17, 15) is 0 Å².